The molecule has 1 fully saturated rings. The highest BCUT2D eigenvalue weighted by molar-refractivity contribution is 9.10. The summed E-state index contributed by atoms with van der Waals surface area (Å²) in [4.78, 5) is 27.1. The molecule has 32 heavy (non-hydrogen) atoms. The van der Waals surface area contributed by atoms with Crippen molar-refractivity contribution in [3.05, 3.63) is 88.2 Å². The van der Waals surface area contributed by atoms with Crippen LogP contribution in [0.1, 0.15) is 45.3 Å². The molecule has 6 nitrogen and oxygen atoms in total. The quantitative estimate of drug-likeness (QED) is 0.445. The molecule has 3 aromatic rings. The number of aromatic nitrogens is 1. The van der Waals surface area contributed by atoms with Gasteiger partial charge in [-0.1, -0.05) is 46.3 Å². The second kappa shape index (κ2) is 10.0. The van der Waals surface area contributed by atoms with Gasteiger partial charge in [-0.3, -0.25) is 4.79 Å². The number of carbonyl (C=O) groups is 2. The minimum atomic E-state index is -0.343. The van der Waals surface area contributed by atoms with Gasteiger partial charge < -0.3 is 18.9 Å². The van der Waals surface area contributed by atoms with Gasteiger partial charge in [0.05, 0.1) is 12.7 Å². The molecule has 2 aromatic carbocycles. The number of para-hydroxylation sites is 1. The lowest BCUT2D eigenvalue weighted by Gasteiger charge is -2.33. The van der Waals surface area contributed by atoms with Crippen LogP contribution in [0.3, 0.4) is 0 Å². The predicted molar refractivity (Wildman–Crippen MR) is 125 cm³/mol. The molecule has 1 amide bonds. The predicted octanol–water partition coefficient (Wildman–Crippen LogP) is 5.09. The van der Waals surface area contributed by atoms with Crippen molar-refractivity contribution in [3.63, 3.8) is 0 Å². The van der Waals surface area contributed by atoms with Crippen molar-refractivity contribution in [1.82, 2.24) is 9.47 Å². The van der Waals surface area contributed by atoms with Crippen LogP contribution in [0, 0.1) is 0 Å². The molecule has 1 aromatic heterocycles. The summed E-state index contributed by atoms with van der Waals surface area (Å²) in [7, 11) is 1.39. The summed E-state index contributed by atoms with van der Waals surface area (Å²) in [6, 6.07) is 19.0. The van der Waals surface area contributed by atoms with Crippen molar-refractivity contribution in [1.29, 1.82) is 0 Å². The topological polar surface area (TPSA) is 60.8 Å². The first kappa shape index (κ1) is 22.1. The summed E-state index contributed by atoms with van der Waals surface area (Å²) >= 11 is 3.53. The zero-order chi connectivity index (χ0) is 22.5. The van der Waals surface area contributed by atoms with Crippen LogP contribution in [-0.2, 0) is 11.3 Å². The molecule has 1 aliphatic rings. The fourth-order valence-electron chi connectivity index (χ4n) is 4.05. The van der Waals surface area contributed by atoms with Crippen LogP contribution in [-0.4, -0.2) is 41.5 Å². The minimum Gasteiger partial charge on any atom is -0.488 e. The SMILES string of the molecule is COC(=O)c1cccn1C1CCN(C(=O)c2ccccc2OCc2ccccc2Br)CC1. The molecule has 166 valence electrons. The Morgan fingerprint density at radius 1 is 1.00 bits per heavy atom. The molecule has 0 bridgehead atoms. The Kier molecular flexibility index (Phi) is 6.95. The monoisotopic (exact) mass is 496 g/mol. The van der Waals surface area contributed by atoms with Crippen molar-refractivity contribution in [2.75, 3.05) is 20.2 Å². The lowest BCUT2D eigenvalue weighted by molar-refractivity contribution is 0.0573. The number of benzene rings is 2. The van der Waals surface area contributed by atoms with Gasteiger partial charge in [0.1, 0.15) is 18.1 Å². The molecule has 1 aliphatic heterocycles. The third-order valence-corrected chi connectivity index (χ3v) is 6.55. The van der Waals surface area contributed by atoms with Crippen molar-refractivity contribution in [3.8, 4) is 5.75 Å². The van der Waals surface area contributed by atoms with Crippen LogP contribution in [0.2, 0.25) is 0 Å². The van der Waals surface area contributed by atoms with E-state index in [4.69, 9.17) is 9.47 Å². The molecule has 0 radical (unpaired) electrons. The van der Waals surface area contributed by atoms with Crippen LogP contribution in [0.4, 0.5) is 0 Å². The van der Waals surface area contributed by atoms with Gasteiger partial charge >= 0.3 is 5.97 Å². The van der Waals surface area contributed by atoms with Gasteiger partial charge in [0.15, 0.2) is 0 Å². The standard InChI is InChI=1S/C25H25BrN2O4/c1-31-25(30)22-10-6-14-28(22)19-12-15-27(16-13-19)24(29)20-8-3-5-11-23(20)32-17-18-7-2-4-9-21(18)26/h2-11,14,19H,12-13,15-17H2,1H3. The largest absolute Gasteiger partial charge is 0.488 e. The van der Waals surface area contributed by atoms with Gasteiger partial charge in [-0.15, -0.1) is 0 Å². The average molecular weight is 497 g/mol. The van der Waals surface area contributed by atoms with Crippen molar-refractivity contribution in [2.24, 2.45) is 0 Å². The van der Waals surface area contributed by atoms with Gasteiger partial charge in [-0.05, 0) is 43.2 Å². The number of esters is 1. The van der Waals surface area contributed by atoms with Crippen molar-refractivity contribution < 1.29 is 19.1 Å². The molecule has 1 saturated heterocycles. The maximum absolute atomic E-state index is 13.3. The fraction of sp³-hybridized carbons (Fsp3) is 0.280. The Hall–Kier alpha value is -3.06. The maximum Gasteiger partial charge on any atom is 0.354 e. The number of rotatable bonds is 6. The summed E-state index contributed by atoms with van der Waals surface area (Å²) in [6.45, 7) is 1.60. The number of piperidine rings is 1. The lowest BCUT2D eigenvalue weighted by Crippen LogP contribution is -2.39. The van der Waals surface area contributed by atoms with E-state index < -0.39 is 0 Å². The van der Waals surface area contributed by atoms with Crippen molar-refractivity contribution in [2.45, 2.75) is 25.5 Å². The minimum absolute atomic E-state index is 0.0353. The molecule has 0 aliphatic carbocycles. The molecule has 0 unspecified atom stereocenters. The number of ether oxygens (including phenoxy) is 2. The molecule has 0 N–H and O–H groups in total. The Labute approximate surface area is 195 Å². The number of halogens is 1. The highest BCUT2D eigenvalue weighted by Gasteiger charge is 2.28. The number of nitrogens with zero attached hydrogens (tertiary/aromatic N) is 2. The molecule has 7 heteroatoms. The van der Waals surface area contributed by atoms with Gasteiger partial charge in [0.25, 0.3) is 5.91 Å². The van der Waals surface area contributed by atoms with E-state index in [1.165, 1.54) is 7.11 Å². The summed E-state index contributed by atoms with van der Waals surface area (Å²) < 4.78 is 13.8. The van der Waals surface area contributed by atoms with Crippen molar-refractivity contribution >= 4 is 27.8 Å². The number of methoxy groups -OCH3 is 1. The maximum atomic E-state index is 13.3. The first-order chi connectivity index (χ1) is 15.6. The van der Waals surface area contributed by atoms with Gasteiger partial charge in [0.2, 0.25) is 0 Å². The van der Waals surface area contributed by atoms with E-state index in [1.54, 1.807) is 6.07 Å². The number of hydrogen-bond acceptors (Lipinski definition) is 4. The van der Waals surface area contributed by atoms with Crippen LogP contribution in [0.15, 0.2) is 71.3 Å². The summed E-state index contributed by atoms with van der Waals surface area (Å²) in [5.74, 6) is 0.199. The number of hydrogen-bond donors (Lipinski definition) is 0. The molecular formula is C25H25BrN2O4. The molecule has 0 atom stereocenters. The Morgan fingerprint density at radius 3 is 2.47 bits per heavy atom. The fourth-order valence-corrected chi connectivity index (χ4v) is 4.45. The molecule has 0 spiro atoms. The number of carbonyl (C=O) groups excluding carboxylic acids is 2. The van der Waals surface area contributed by atoms with Crippen LogP contribution < -0.4 is 4.74 Å². The van der Waals surface area contributed by atoms with E-state index >= 15 is 0 Å². The van der Waals surface area contributed by atoms with E-state index in [1.807, 2.05) is 70.3 Å². The number of likely N-dealkylation sites (tertiary alicyclic amines) is 1. The third kappa shape index (κ3) is 4.72. The third-order valence-electron chi connectivity index (χ3n) is 5.78. The van der Waals surface area contributed by atoms with E-state index in [2.05, 4.69) is 15.9 Å². The summed E-state index contributed by atoms with van der Waals surface area (Å²) in [6.07, 6.45) is 3.44. The molecule has 4 rings (SSSR count). The Morgan fingerprint density at radius 2 is 1.72 bits per heavy atom. The van der Waals surface area contributed by atoms with Crippen LogP contribution in [0.5, 0.6) is 5.75 Å². The highest BCUT2D eigenvalue weighted by Crippen LogP contribution is 2.28. The molecule has 0 saturated carbocycles. The lowest BCUT2D eigenvalue weighted by atomic mass is 10.0. The van der Waals surface area contributed by atoms with E-state index in [0.29, 0.717) is 36.7 Å². The number of amides is 1. The normalized spacial score (nSPS) is 14.2. The summed E-state index contributed by atoms with van der Waals surface area (Å²) in [5.41, 5.74) is 2.13. The first-order valence-corrected chi connectivity index (χ1v) is 11.4. The zero-order valence-electron chi connectivity index (χ0n) is 17.9. The highest BCUT2D eigenvalue weighted by atomic mass is 79.9. The van der Waals surface area contributed by atoms with Gasteiger partial charge in [-0.2, -0.15) is 0 Å². The van der Waals surface area contributed by atoms with E-state index in [9.17, 15) is 9.59 Å². The summed E-state index contributed by atoms with van der Waals surface area (Å²) in [5, 5.41) is 0. The Bertz CT molecular complexity index is 1100. The zero-order valence-corrected chi connectivity index (χ0v) is 19.5. The second-order valence-electron chi connectivity index (χ2n) is 7.69. The van der Waals surface area contributed by atoms with Gasteiger partial charge in [-0.25, -0.2) is 4.79 Å². The second-order valence-corrected chi connectivity index (χ2v) is 8.55. The van der Waals surface area contributed by atoms with E-state index in [-0.39, 0.29) is 17.9 Å². The smallest absolute Gasteiger partial charge is 0.354 e. The Balaban J connectivity index is 1.42. The van der Waals surface area contributed by atoms with Gasteiger partial charge in [0, 0.05) is 35.4 Å². The first-order valence-electron chi connectivity index (χ1n) is 10.6. The van der Waals surface area contributed by atoms with Crippen LogP contribution in [0.25, 0.3) is 0 Å². The van der Waals surface area contributed by atoms with Crippen LogP contribution >= 0.6 is 15.9 Å². The van der Waals surface area contributed by atoms with E-state index in [0.717, 1.165) is 22.9 Å². The molecule has 2 heterocycles. The molecular weight excluding hydrogens is 472 g/mol. The average Bonchev–Trinajstić information content (AvgIpc) is 3.33.